The van der Waals surface area contributed by atoms with E-state index >= 15 is 0 Å². The van der Waals surface area contributed by atoms with Gasteiger partial charge in [0.25, 0.3) is 5.91 Å². The lowest BCUT2D eigenvalue weighted by Gasteiger charge is -2.10. The monoisotopic (exact) mass is 328 g/mol. The van der Waals surface area contributed by atoms with Crippen LogP contribution in [0.3, 0.4) is 0 Å². The molecule has 0 atom stereocenters. The fraction of sp³-hybridized carbons (Fsp3) is 0. The van der Waals surface area contributed by atoms with E-state index in [1.165, 1.54) is 12.4 Å². The Labute approximate surface area is 128 Å². The first-order valence-electron chi connectivity index (χ1n) is 5.56. The minimum atomic E-state index is -0.788. The van der Waals surface area contributed by atoms with Crippen molar-refractivity contribution in [3.05, 3.63) is 63.1 Å². The highest BCUT2D eigenvalue weighted by Crippen LogP contribution is 2.27. The molecule has 0 aliphatic carbocycles. The molecule has 0 fully saturated rings. The minimum Gasteiger partial charge on any atom is -0.320 e. The van der Waals surface area contributed by atoms with Crippen molar-refractivity contribution in [3.8, 4) is 0 Å². The van der Waals surface area contributed by atoms with Gasteiger partial charge in [-0.25, -0.2) is 8.78 Å². The lowest BCUT2D eigenvalue weighted by molar-refractivity contribution is 0.102. The van der Waals surface area contributed by atoms with E-state index in [9.17, 15) is 18.4 Å². The maximum Gasteiger partial charge on any atom is 0.257 e. The van der Waals surface area contributed by atoms with Crippen LogP contribution in [0, 0.1) is 11.6 Å². The third-order valence-electron chi connectivity index (χ3n) is 2.57. The minimum absolute atomic E-state index is 0.0172. The Morgan fingerprint density at radius 3 is 2.48 bits per heavy atom. The van der Waals surface area contributed by atoms with Crippen LogP contribution in [-0.4, -0.2) is 12.2 Å². The summed E-state index contributed by atoms with van der Waals surface area (Å²) in [4.78, 5) is 22.6. The van der Waals surface area contributed by atoms with Gasteiger partial charge in [0.2, 0.25) is 6.29 Å². The summed E-state index contributed by atoms with van der Waals surface area (Å²) < 4.78 is 26.4. The van der Waals surface area contributed by atoms with Gasteiger partial charge in [-0.05, 0) is 30.3 Å². The summed E-state index contributed by atoms with van der Waals surface area (Å²) in [6.45, 7) is 0. The zero-order valence-corrected chi connectivity index (χ0v) is 11.7. The summed E-state index contributed by atoms with van der Waals surface area (Å²) in [7, 11) is 0. The van der Waals surface area contributed by atoms with Crippen LogP contribution in [0.4, 0.5) is 14.5 Å². The molecule has 2 aromatic carbocycles. The first-order valence-corrected chi connectivity index (χ1v) is 6.31. The maximum absolute atomic E-state index is 13.3. The van der Waals surface area contributed by atoms with E-state index in [1.54, 1.807) is 0 Å². The van der Waals surface area contributed by atoms with Gasteiger partial charge in [0.15, 0.2) is 0 Å². The first-order chi connectivity index (χ1) is 9.92. The van der Waals surface area contributed by atoms with Crippen molar-refractivity contribution in [1.82, 2.24) is 0 Å². The second-order valence-corrected chi connectivity index (χ2v) is 4.78. The van der Waals surface area contributed by atoms with Gasteiger partial charge >= 0.3 is 0 Å². The fourth-order valence-corrected chi connectivity index (χ4v) is 2.01. The second-order valence-electron chi connectivity index (χ2n) is 4.00. The fourth-order valence-electron chi connectivity index (χ4n) is 1.62. The number of amides is 1. The summed E-state index contributed by atoms with van der Waals surface area (Å²) in [5, 5.41) is 2.11. The molecule has 0 aliphatic rings. The molecule has 0 aliphatic heterocycles. The number of carbonyl (C=O) groups is 1. The molecule has 1 radical (unpaired) electrons. The third-order valence-corrected chi connectivity index (χ3v) is 3.31. The second kappa shape index (κ2) is 6.20. The van der Waals surface area contributed by atoms with E-state index < -0.39 is 17.5 Å². The van der Waals surface area contributed by atoms with Crippen LogP contribution in [-0.2, 0) is 4.79 Å². The van der Waals surface area contributed by atoms with Gasteiger partial charge in [0.05, 0.1) is 21.3 Å². The Balaban J connectivity index is 2.38. The molecule has 1 N–H and O–H groups in total. The predicted octanol–water partition coefficient (Wildman–Crippen LogP) is 3.98. The molecule has 2 rings (SSSR count). The topological polar surface area (TPSA) is 46.2 Å². The number of nitrogens with one attached hydrogen (secondary N) is 1. The van der Waals surface area contributed by atoms with Crippen LogP contribution in [0.2, 0.25) is 10.0 Å². The predicted molar refractivity (Wildman–Crippen MR) is 75.6 cm³/mol. The Morgan fingerprint density at radius 2 is 1.81 bits per heavy atom. The standard InChI is InChI=1S/C14H6Cl2F2NO2/c15-11-2-1-8(17)4-10(11)14(21)19-12-5-9(18)3-7(6-20)13(12)16/h1-5H,(H,19,21). The third kappa shape index (κ3) is 3.37. The number of carbonyl (C=O) groups excluding carboxylic acids is 2. The smallest absolute Gasteiger partial charge is 0.257 e. The highest BCUT2D eigenvalue weighted by atomic mass is 35.5. The number of halogens is 4. The molecule has 0 spiro atoms. The van der Waals surface area contributed by atoms with Crippen LogP contribution in [0.5, 0.6) is 0 Å². The average molecular weight is 329 g/mol. The first kappa shape index (κ1) is 15.4. The van der Waals surface area contributed by atoms with E-state index in [0.717, 1.165) is 24.3 Å². The van der Waals surface area contributed by atoms with Crippen molar-refractivity contribution in [2.24, 2.45) is 0 Å². The van der Waals surface area contributed by atoms with Crippen molar-refractivity contribution >= 4 is 41.1 Å². The molecule has 0 heterocycles. The molecule has 3 nitrogen and oxygen atoms in total. The van der Waals surface area contributed by atoms with Crippen molar-refractivity contribution in [3.63, 3.8) is 0 Å². The van der Waals surface area contributed by atoms with Crippen LogP contribution < -0.4 is 5.32 Å². The lowest BCUT2D eigenvalue weighted by Crippen LogP contribution is -2.13. The molecule has 0 unspecified atom stereocenters. The van der Waals surface area contributed by atoms with Crippen LogP contribution in [0.15, 0.2) is 30.3 Å². The molecule has 0 aromatic heterocycles. The number of rotatable bonds is 3. The van der Waals surface area contributed by atoms with Crippen molar-refractivity contribution in [1.29, 1.82) is 0 Å². The Hall–Kier alpha value is -1.98. The van der Waals surface area contributed by atoms with Crippen molar-refractivity contribution in [2.75, 3.05) is 5.32 Å². The molecule has 1 amide bonds. The van der Waals surface area contributed by atoms with Crippen molar-refractivity contribution < 1.29 is 18.4 Å². The quantitative estimate of drug-likeness (QED) is 0.926. The molecule has 0 bridgehead atoms. The van der Waals surface area contributed by atoms with E-state index in [1.807, 2.05) is 0 Å². The van der Waals surface area contributed by atoms with E-state index in [-0.39, 0.29) is 26.9 Å². The van der Waals surface area contributed by atoms with Gasteiger partial charge in [-0.15, -0.1) is 0 Å². The molecule has 107 valence electrons. The summed E-state index contributed by atoms with van der Waals surface area (Å²) in [5.41, 5.74) is -0.522. The van der Waals surface area contributed by atoms with Gasteiger partial charge in [0, 0.05) is 5.56 Å². The SMILES string of the molecule is O=[C]c1cc(F)cc(NC(=O)c2cc(F)ccc2Cl)c1Cl. The molecule has 2 aromatic rings. The van der Waals surface area contributed by atoms with Gasteiger partial charge < -0.3 is 5.32 Å². The molecular formula is C14H6Cl2F2NO2. The Morgan fingerprint density at radius 1 is 1.10 bits per heavy atom. The highest BCUT2D eigenvalue weighted by Gasteiger charge is 2.16. The average Bonchev–Trinajstić information content (AvgIpc) is 2.44. The van der Waals surface area contributed by atoms with Gasteiger partial charge in [-0.2, -0.15) is 0 Å². The maximum atomic E-state index is 13.3. The summed E-state index contributed by atoms with van der Waals surface area (Å²) in [6.07, 6.45) is 1.45. The molecule has 7 heteroatoms. The van der Waals surface area contributed by atoms with Gasteiger partial charge in [-0.3, -0.25) is 9.59 Å². The number of hydrogen-bond acceptors (Lipinski definition) is 2. The lowest BCUT2D eigenvalue weighted by atomic mass is 10.1. The zero-order valence-electron chi connectivity index (χ0n) is 10.2. The van der Waals surface area contributed by atoms with E-state index in [0.29, 0.717) is 0 Å². The van der Waals surface area contributed by atoms with E-state index in [2.05, 4.69) is 5.32 Å². The van der Waals surface area contributed by atoms with Crippen molar-refractivity contribution in [2.45, 2.75) is 0 Å². The number of benzene rings is 2. The Bertz CT molecular complexity index is 735. The highest BCUT2D eigenvalue weighted by molar-refractivity contribution is 6.37. The largest absolute Gasteiger partial charge is 0.320 e. The molecule has 0 saturated heterocycles. The van der Waals surface area contributed by atoms with Crippen LogP contribution in [0.25, 0.3) is 0 Å². The van der Waals surface area contributed by atoms with Gasteiger partial charge in [-0.1, -0.05) is 23.2 Å². The Kier molecular flexibility index (Phi) is 4.55. The summed E-state index contributed by atoms with van der Waals surface area (Å²) in [5.74, 6) is -2.22. The molecular weight excluding hydrogens is 323 g/mol. The van der Waals surface area contributed by atoms with Crippen LogP contribution in [0.1, 0.15) is 15.9 Å². The summed E-state index contributed by atoms with van der Waals surface area (Å²) in [6, 6.07) is 5.03. The van der Waals surface area contributed by atoms with E-state index in [4.69, 9.17) is 23.2 Å². The molecule has 21 heavy (non-hydrogen) atoms. The number of anilines is 1. The van der Waals surface area contributed by atoms with Crippen LogP contribution >= 0.6 is 23.2 Å². The normalized spacial score (nSPS) is 10.3. The van der Waals surface area contributed by atoms with Gasteiger partial charge in [0.1, 0.15) is 11.6 Å². The summed E-state index contributed by atoms with van der Waals surface area (Å²) >= 11 is 11.6. The zero-order chi connectivity index (χ0) is 15.6. The molecule has 0 saturated carbocycles. The number of hydrogen-bond donors (Lipinski definition) is 1.